The van der Waals surface area contributed by atoms with Gasteiger partial charge in [-0.05, 0) is 51.0 Å². The largest absolute Gasteiger partial charge is 0.379 e. The van der Waals surface area contributed by atoms with Crippen LogP contribution in [0.2, 0.25) is 0 Å². The van der Waals surface area contributed by atoms with Crippen LogP contribution in [0.1, 0.15) is 45.4 Å². The van der Waals surface area contributed by atoms with Crippen LogP contribution in [0.15, 0.2) is 4.99 Å². The summed E-state index contributed by atoms with van der Waals surface area (Å²) < 4.78 is 5.41. The van der Waals surface area contributed by atoms with Gasteiger partial charge in [-0.3, -0.25) is 9.89 Å². The summed E-state index contributed by atoms with van der Waals surface area (Å²) in [6.07, 6.45) is 8.16. The van der Waals surface area contributed by atoms with Crippen LogP contribution in [-0.2, 0) is 4.74 Å². The molecule has 1 saturated carbocycles. The average Bonchev–Trinajstić information content (AvgIpc) is 3.05. The Bertz CT molecular complexity index is 387. The van der Waals surface area contributed by atoms with Crippen molar-refractivity contribution in [3.05, 3.63) is 0 Å². The molecular weight excluding hydrogens is 427 g/mol. The Morgan fingerprint density at radius 3 is 2.40 bits per heavy atom. The smallest absolute Gasteiger partial charge is 0.193 e. The van der Waals surface area contributed by atoms with Crippen molar-refractivity contribution in [3.63, 3.8) is 0 Å². The summed E-state index contributed by atoms with van der Waals surface area (Å²) >= 11 is 0. The fraction of sp³-hybridized carbons (Fsp3) is 0.947. The SMILES string of the molecule is CCNC(=NCCCCN1CCOCC1)N1CC2CCCCC2C1.I. The van der Waals surface area contributed by atoms with E-state index in [2.05, 4.69) is 22.0 Å². The third-order valence-electron chi connectivity index (χ3n) is 5.86. The van der Waals surface area contributed by atoms with E-state index in [4.69, 9.17) is 9.73 Å². The van der Waals surface area contributed by atoms with Gasteiger partial charge >= 0.3 is 0 Å². The second-order valence-electron chi connectivity index (χ2n) is 7.61. The van der Waals surface area contributed by atoms with Crippen molar-refractivity contribution in [1.29, 1.82) is 0 Å². The number of hydrogen-bond acceptors (Lipinski definition) is 3. The van der Waals surface area contributed by atoms with Crippen LogP contribution in [0.5, 0.6) is 0 Å². The van der Waals surface area contributed by atoms with Gasteiger partial charge in [0, 0.05) is 39.3 Å². The van der Waals surface area contributed by atoms with Gasteiger partial charge < -0.3 is 15.0 Å². The van der Waals surface area contributed by atoms with Crippen molar-refractivity contribution in [2.24, 2.45) is 16.8 Å². The van der Waals surface area contributed by atoms with Crippen LogP contribution in [0.25, 0.3) is 0 Å². The third kappa shape index (κ3) is 6.54. The molecule has 1 aliphatic carbocycles. The molecule has 0 spiro atoms. The van der Waals surface area contributed by atoms with Crippen LogP contribution < -0.4 is 5.32 Å². The second kappa shape index (κ2) is 11.6. The third-order valence-corrected chi connectivity index (χ3v) is 5.86. The van der Waals surface area contributed by atoms with Gasteiger partial charge in [0.2, 0.25) is 0 Å². The summed E-state index contributed by atoms with van der Waals surface area (Å²) in [5.41, 5.74) is 0. The molecule has 6 heteroatoms. The maximum atomic E-state index is 5.41. The molecule has 1 N–H and O–H groups in total. The number of nitrogens with one attached hydrogen (secondary N) is 1. The zero-order valence-electron chi connectivity index (χ0n) is 15.9. The molecule has 2 aliphatic heterocycles. The maximum Gasteiger partial charge on any atom is 0.193 e. The zero-order chi connectivity index (χ0) is 16.6. The van der Waals surface area contributed by atoms with Gasteiger partial charge in [-0.25, -0.2) is 0 Å². The molecule has 0 aromatic heterocycles. The first-order valence-corrected chi connectivity index (χ1v) is 10.2. The molecule has 2 atom stereocenters. The molecule has 2 heterocycles. The average molecular weight is 464 g/mol. The number of ether oxygens (including phenoxy) is 1. The number of likely N-dealkylation sites (tertiary alicyclic amines) is 1. The number of rotatable bonds is 6. The van der Waals surface area contributed by atoms with Crippen LogP contribution in [-0.4, -0.2) is 74.8 Å². The number of aliphatic imine (C=N–C) groups is 1. The van der Waals surface area contributed by atoms with Gasteiger partial charge in [-0.2, -0.15) is 0 Å². The number of guanidine groups is 1. The summed E-state index contributed by atoms with van der Waals surface area (Å²) in [7, 11) is 0. The summed E-state index contributed by atoms with van der Waals surface area (Å²) in [5, 5.41) is 3.52. The molecule has 3 aliphatic rings. The maximum absolute atomic E-state index is 5.41. The number of halogens is 1. The van der Waals surface area contributed by atoms with E-state index >= 15 is 0 Å². The molecule has 2 saturated heterocycles. The van der Waals surface area contributed by atoms with E-state index in [1.807, 2.05) is 0 Å². The Hall–Kier alpha value is -0.0800. The highest BCUT2D eigenvalue weighted by molar-refractivity contribution is 14.0. The number of unbranched alkanes of at least 4 members (excludes halogenated alkanes) is 1. The molecule has 0 radical (unpaired) electrons. The monoisotopic (exact) mass is 464 g/mol. The quantitative estimate of drug-likeness (QED) is 0.284. The van der Waals surface area contributed by atoms with E-state index < -0.39 is 0 Å². The molecular formula is C19H37IN4O. The number of nitrogens with zero attached hydrogens (tertiary/aromatic N) is 3. The Morgan fingerprint density at radius 2 is 1.76 bits per heavy atom. The molecule has 0 aromatic carbocycles. The molecule has 0 bridgehead atoms. The van der Waals surface area contributed by atoms with Crippen molar-refractivity contribution in [2.75, 3.05) is 59.0 Å². The van der Waals surface area contributed by atoms with Crippen molar-refractivity contribution < 1.29 is 4.74 Å². The number of hydrogen-bond donors (Lipinski definition) is 1. The zero-order valence-corrected chi connectivity index (χ0v) is 18.2. The van der Waals surface area contributed by atoms with Gasteiger partial charge in [0.25, 0.3) is 0 Å². The van der Waals surface area contributed by atoms with Gasteiger partial charge in [-0.15, -0.1) is 24.0 Å². The topological polar surface area (TPSA) is 40.1 Å². The summed E-state index contributed by atoms with van der Waals surface area (Å²) in [5.74, 6) is 3.01. The van der Waals surface area contributed by atoms with Gasteiger partial charge in [-0.1, -0.05) is 12.8 Å². The van der Waals surface area contributed by atoms with Crippen molar-refractivity contribution in [2.45, 2.75) is 45.4 Å². The molecule has 0 aromatic rings. The Kier molecular flexibility index (Phi) is 9.84. The van der Waals surface area contributed by atoms with Gasteiger partial charge in [0.15, 0.2) is 5.96 Å². The number of morpholine rings is 1. The Morgan fingerprint density at radius 1 is 1.08 bits per heavy atom. The minimum Gasteiger partial charge on any atom is -0.379 e. The van der Waals surface area contributed by atoms with E-state index in [0.717, 1.165) is 51.2 Å². The molecule has 2 unspecified atom stereocenters. The lowest BCUT2D eigenvalue weighted by molar-refractivity contribution is 0.0373. The Balaban J connectivity index is 0.00000225. The van der Waals surface area contributed by atoms with Crippen LogP contribution in [0.3, 0.4) is 0 Å². The molecule has 0 amide bonds. The predicted molar refractivity (Wildman–Crippen MR) is 115 cm³/mol. The normalized spacial score (nSPS) is 27.7. The second-order valence-corrected chi connectivity index (χ2v) is 7.61. The van der Waals surface area contributed by atoms with Crippen LogP contribution >= 0.6 is 24.0 Å². The first-order chi connectivity index (χ1) is 11.9. The summed E-state index contributed by atoms with van der Waals surface area (Å²) in [4.78, 5) is 9.98. The molecule has 146 valence electrons. The van der Waals surface area contributed by atoms with Crippen LogP contribution in [0, 0.1) is 11.8 Å². The summed E-state index contributed by atoms with van der Waals surface area (Å²) in [6, 6.07) is 0. The first-order valence-electron chi connectivity index (χ1n) is 10.2. The van der Waals surface area contributed by atoms with E-state index in [0.29, 0.717) is 0 Å². The van der Waals surface area contributed by atoms with Crippen molar-refractivity contribution in [1.82, 2.24) is 15.1 Å². The highest BCUT2D eigenvalue weighted by Gasteiger charge is 2.35. The van der Waals surface area contributed by atoms with Gasteiger partial charge in [0.05, 0.1) is 13.2 Å². The highest BCUT2D eigenvalue weighted by Crippen LogP contribution is 2.35. The molecule has 3 fully saturated rings. The highest BCUT2D eigenvalue weighted by atomic mass is 127. The van der Waals surface area contributed by atoms with Gasteiger partial charge in [0.1, 0.15) is 0 Å². The van der Waals surface area contributed by atoms with E-state index in [9.17, 15) is 0 Å². The lowest BCUT2D eigenvalue weighted by atomic mass is 9.82. The first kappa shape index (κ1) is 21.2. The molecule has 3 rings (SSSR count). The molecule has 5 nitrogen and oxygen atoms in total. The van der Waals surface area contributed by atoms with Crippen molar-refractivity contribution >= 4 is 29.9 Å². The van der Waals surface area contributed by atoms with Crippen molar-refractivity contribution in [3.8, 4) is 0 Å². The fourth-order valence-corrected chi connectivity index (χ4v) is 4.46. The van der Waals surface area contributed by atoms with E-state index in [1.165, 1.54) is 64.1 Å². The van der Waals surface area contributed by atoms with E-state index in [-0.39, 0.29) is 24.0 Å². The standard InChI is InChI=1S/C19H36N4O.HI/c1-2-20-19(23-15-17-7-3-4-8-18(17)16-23)21-9-5-6-10-22-11-13-24-14-12-22;/h17-18H,2-16H2,1H3,(H,20,21);1H. The number of fused-ring (bicyclic) bond motifs is 1. The Labute approximate surface area is 171 Å². The minimum absolute atomic E-state index is 0. The van der Waals surface area contributed by atoms with Crippen LogP contribution in [0.4, 0.5) is 0 Å². The van der Waals surface area contributed by atoms with E-state index in [1.54, 1.807) is 0 Å². The minimum atomic E-state index is 0. The lowest BCUT2D eigenvalue weighted by Crippen LogP contribution is -2.40. The molecule has 25 heavy (non-hydrogen) atoms. The fourth-order valence-electron chi connectivity index (χ4n) is 4.46. The predicted octanol–water partition coefficient (Wildman–Crippen LogP) is 2.80. The summed E-state index contributed by atoms with van der Waals surface area (Å²) in [6.45, 7) is 11.8. The lowest BCUT2D eigenvalue weighted by Gasteiger charge is -2.26.